The summed E-state index contributed by atoms with van der Waals surface area (Å²) in [5, 5.41) is 2.93. The largest absolute Gasteiger partial charge is 0.457 e. The first-order valence-corrected chi connectivity index (χ1v) is 9.59. The Bertz CT molecular complexity index is 995. The van der Waals surface area contributed by atoms with Crippen LogP contribution in [0, 0.1) is 0 Å². The summed E-state index contributed by atoms with van der Waals surface area (Å²) in [6, 6.07) is 21.6. The third-order valence-electron chi connectivity index (χ3n) is 4.47. The molecule has 2 amide bonds. The average Bonchev–Trinajstić information content (AvgIpc) is 2.73. The lowest BCUT2D eigenvalue weighted by Gasteiger charge is -2.11. The second-order valence-electron chi connectivity index (χ2n) is 7.25. The highest BCUT2D eigenvalue weighted by Crippen LogP contribution is 2.22. The van der Waals surface area contributed by atoms with Crippen molar-refractivity contribution in [3.05, 3.63) is 95.1 Å². The van der Waals surface area contributed by atoms with E-state index < -0.39 is 5.91 Å². The van der Waals surface area contributed by atoms with E-state index in [4.69, 9.17) is 10.5 Å². The van der Waals surface area contributed by atoms with Crippen LogP contribution >= 0.6 is 0 Å². The van der Waals surface area contributed by atoms with Gasteiger partial charge >= 0.3 is 0 Å². The van der Waals surface area contributed by atoms with Gasteiger partial charge in [0, 0.05) is 24.2 Å². The molecule has 0 heterocycles. The Morgan fingerprint density at radius 2 is 1.30 bits per heavy atom. The van der Waals surface area contributed by atoms with Gasteiger partial charge in [-0.05, 0) is 73.8 Å². The number of primary amides is 1. The summed E-state index contributed by atoms with van der Waals surface area (Å²) in [7, 11) is 4.06. The fourth-order valence-electron chi connectivity index (χ4n) is 2.91. The predicted molar refractivity (Wildman–Crippen MR) is 116 cm³/mol. The fourth-order valence-corrected chi connectivity index (χ4v) is 2.91. The Morgan fingerprint density at radius 3 is 1.80 bits per heavy atom. The second kappa shape index (κ2) is 9.71. The third kappa shape index (κ3) is 5.93. The lowest BCUT2D eigenvalue weighted by atomic mass is 10.1. The van der Waals surface area contributed by atoms with Gasteiger partial charge in [0.2, 0.25) is 5.91 Å². The van der Waals surface area contributed by atoms with Crippen molar-refractivity contribution < 1.29 is 14.3 Å². The van der Waals surface area contributed by atoms with Crippen molar-refractivity contribution in [1.29, 1.82) is 0 Å². The monoisotopic (exact) mass is 403 g/mol. The van der Waals surface area contributed by atoms with Crippen LogP contribution in [-0.4, -0.2) is 30.8 Å². The van der Waals surface area contributed by atoms with Crippen molar-refractivity contribution in [2.24, 2.45) is 5.73 Å². The predicted octanol–water partition coefficient (Wildman–Crippen LogP) is 3.57. The minimum absolute atomic E-state index is 0.148. The Labute approximate surface area is 176 Å². The Kier molecular flexibility index (Phi) is 6.83. The zero-order chi connectivity index (χ0) is 21.5. The fraction of sp³-hybridized carbons (Fsp3) is 0.167. The lowest BCUT2D eigenvalue weighted by Crippen LogP contribution is -2.22. The molecule has 0 aliphatic rings. The summed E-state index contributed by atoms with van der Waals surface area (Å²) < 4.78 is 5.73. The van der Waals surface area contributed by atoms with Gasteiger partial charge in [0.05, 0.1) is 0 Å². The van der Waals surface area contributed by atoms with E-state index in [0.29, 0.717) is 29.2 Å². The van der Waals surface area contributed by atoms with Crippen LogP contribution in [0.2, 0.25) is 0 Å². The molecule has 0 aliphatic heterocycles. The number of nitrogens with zero attached hydrogens (tertiary/aromatic N) is 1. The number of nitrogens with two attached hydrogens (primary N) is 1. The molecule has 3 aromatic carbocycles. The van der Waals surface area contributed by atoms with Gasteiger partial charge in [-0.3, -0.25) is 9.59 Å². The van der Waals surface area contributed by atoms with Gasteiger partial charge in [-0.2, -0.15) is 0 Å². The molecule has 30 heavy (non-hydrogen) atoms. The van der Waals surface area contributed by atoms with Gasteiger partial charge in [0.15, 0.2) is 0 Å². The summed E-state index contributed by atoms with van der Waals surface area (Å²) in [6.07, 6.45) is 0. The zero-order valence-corrected chi connectivity index (χ0v) is 17.1. The number of rotatable bonds is 8. The van der Waals surface area contributed by atoms with Crippen LogP contribution in [0.1, 0.15) is 31.8 Å². The van der Waals surface area contributed by atoms with E-state index in [0.717, 1.165) is 12.1 Å². The normalized spacial score (nSPS) is 10.6. The molecule has 0 radical (unpaired) electrons. The summed E-state index contributed by atoms with van der Waals surface area (Å²) in [5.41, 5.74) is 8.48. The molecule has 3 N–H and O–H groups in total. The Morgan fingerprint density at radius 1 is 0.800 bits per heavy atom. The molecular weight excluding hydrogens is 378 g/mol. The highest BCUT2D eigenvalue weighted by molar-refractivity contribution is 5.94. The van der Waals surface area contributed by atoms with Crippen LogP contribution in [0.5, 0.6) is 11.5 Å². The van der Waals surface area contributed by atoms with Crippen LogP contribution in [0.4, 0.5) is 0 Å². The minimum Gasteiger partial charge on any atom is -0.457 e. The number of hydrogen-bond donors (Lipinski definition) is 2. The van der Waals surface area contributed by atoms with Crippen molar-refractivity contribution in [1.82, 2.24) is 10.2 Å². The van der Waals surface area contributed by atoms with Gasteiger partial charge in [-0.1, -0.05) is 24.3 Å². The van der Waals surface area contributed by atoms with E-state index in [1.54, 1.807) is 48.5 Å². The standard InChI is InChI=1S/C24H25N3O3/c1-27(2)16-18-5-3-17(4-6-18)15-26-24(29)20-9-13-22(14-10-20)30-21-11-7-19(8-12-21)23(25)28/h3-14H,15-16H2,1-2H3,(H2,25,28)(H,26,29). The van der Waals surface area contributed by atoms with E-state index >= 15 is 0 Å². The second-order valence-corrected chi connectivity index (χ2v) is 7.25. The van der Waals surface area contributed by atoms with Crippen molar-refractivity contribution in [3.63, 3.8) is 0 Å². The molecule has 0 aliphatic carbocycles. The molecule has 154 valence electrons. The van der Waals surface area contributed by atoms with E-state index in [1.807, 2.05) is 26.2 Å². The van der Waals surface area contributed by atoms with Crippen molar-refractivity contribution >= 4 is 11.8 Å². The number of carbonyl (C=O) groups excluding carboxylic acids is 2. The number of nitrogens with one attached hydrogen (secondary N) is 1. The summed E-state index contributed by atoms with van der Waals surface area (Å²) >= 11 is 0. The van der Waals surface area contributed by atoms with Crippen LogP contribution in [0.25, 0.3) is 0 Å². The molecule has 0 spiro atoms. The van der Waals surface area contributed by atoms with Crippen LogP contribution in [0.15, 0.2) is 72.8 Å². The van der Waals surface area contributed by atoms with Gasteiger partial charge in [0.25, 0.3) is 5.91 Å². The highest BCUT2D eigenvalue weighted by atomic mass is 16.5. The molecule has 0 unspecified atom stereocenters. The SMILES string of the molecule is CN(C)Cc1ccc(CNC(=O)c2ccc(Oc3ccc(C(N)=O)cc3)cc2)cc1. The highest BCUT2D eigenvalue weighted by Gasteiger charge is 2.07. The number of ether oxygens (including phenoxy) is 1. The Hall–Kier alpha value is -3.64. The van der Waals surface area contributed by atoms with E-state index in [-0.39, 0.29) is 5.91 Å². The first kappa shape index (κ1) is 21.1. The van der Waals surface area contributed by atoms with Crippen LogP contribution in [0.3, 0.4) is 0 Å². The summed E-state index contributed by atoms with van der Waals surface area (Å²) in [4.78, 5) is 25.6. The van der Waals surface area contributed by atoms with E-state index in [2.05, 4.69) is 22.3 Å². The number of hydrogen-bond acceptors (Lipinski definition) is 4. The maximum Gasteiger partial charge on any atom is 0.251 e. The molecule has 0 fully saturated rings. The molecule has 0 saturated heterocycles. The van der Waals surface area contributed by atoms with E-state index in [1.165, 1.54) is 5.56 Å². The molecule has 0 bridgehead atoms. The number of benzene rings is 3. The lowest BCUT2D eigenvalue weighted by molar-refractivity contribution is 0.0949. The summed E-state index contributed by atoms with van der Waals surface area (Å²) in [5.74, 6) is 0.538. The van der Waals surface area contributed by atoms with Crippen LogP contribution < -0.4 is 15.8 Å². The maximum absolute atomic E-state index is 12.4. The molecular formula is C24H25N3O3. The molecule has 6 heteroatoms. The average molecular weight is 403 g/mol. The molecule has 0 saturated carbocycles. The number of amides is 2. The smallest absolute Gasteiger partial charge is 0.251 e. The molecule has 3 rings (SSSR count). The van der Waals surface area contributed by atoms with Crippen LogP contribution in [-0.2, 0) is 13.1 Å². The zero-order valence-electron chi connectivity index (χ0n) is 17.1. The first-order chi connectivity index (χ1) is 14.4. The summed E-state index contributed by atoms with van der Waals surface area (Å²) in [6.45, 7) is 1.35. The molecule has 0 aromatic heterocycles. The van der Waals surface area contributed by atoms with Crippen molar-refractivity contribution in [3.8, 4) is 11.5 Å². The van der Waals surface area contributed by atoms with Crippen molar-refractivity contribution in [2.45, 2.75) is 13.1 Å². The minimum atomic E-state index is -0.485. The van der Waals surface area contributed by atoms with Gasteiger partial charge < -0.3 is 20.7 Å². The topological polar surface area (TPSA) is 84.7 Å². The van der Waals surface area contributed by atoms with Crippen molar-refractivity contribution in [2.75, 3.05) is 14.1 Å². The first-order valence-electron chi connectivity index (χ1n) is 9.59. The Balaban J connectivity index is 1.53. The van der Waals surface area contributed by atoms with Gasteiger partial charge in [0.1, 0.15) is 11.5 Å². The molecule has 3 aromatic rings. The quantitative estimate of drug-likeness (QED) is 0.602. The number of carbonyl (C=O) groups is 2. The van der Waals surface area contributed by atoms with Gasteiger partial charge in [-0.25, -0.2) is 0 Å². The van der Waals surface area contributed by atoms with Gasteiger partial charge in [-0.15, -0.1) is 0 Å². The molecule has 6 nitrogen and oxygen atoms in total. The van der Waals surface area contributed by atoms with E-state index in [9.17, 15) is 9.59 Å². The molecule has 0 atom stereocenters. The maximum atomic E-state index is 12.4. The third-order valence-corrected chi connectivity index (χ3v) is 4.47.